The Morgan fingerprint density at radius 3 is 2.93 bits per heavy atom. The molecule has 0 amide bonds. The Bertz CT molecular complexity index is 444. The van der Waals surface area contributed by atoms with Crippen LogP contribution in [0.5, 0.6) is 0 Å². The van der Waals surface area contributed by atoms with E-state index in [1.54, 1.807) is 12.1 Å². The van der Waals surface area contributed by atoms with Crippen LogP contribution in [-0.2, 0) is 5.33 Å². The van der Waals surface area contributed by atoms with Crippen molar-refractivity contribution in [1.29, 1.82) is 0 Å². The molecule has 0 N–H and O–H groups in total. The smallest absolute Gasteiger partial charge is 0.237 e. The van der Waals surface area contributed by atoms with Gasteiger partial charge in [-0.2, -0.15) is 4.98 Å². The van der Waals surface area contributed by atoms with Crippen molar-refractivity contribution in [2.45, 2.75) is 5.33 Å². The number of rotatable bonds is 2. The van der Waals surface area contributed by atoms with E-state index in [1.807, 2.05) is 12.1 Å². The molecule has 3 nitrogen and oxygen atoms in total. The molecule has 1 aromatic carbocycles. The fourth-order valence-electron chi connectivity index (χ4n) is 1.05. The van der Waals surface area contributed by atoms with Gasteiger partial charge >= 0.3 is 0 Å². The van der Waals surface area contributed by atoms with E-state index in [1.165, 1.54) is 0 Å². The van der Waals surface area contributed by atoms with Gasteiger partial charge in [0.1, 0.15) is 0 Å². The second kappa shape index (κ2) is 4.11. The summed E-state index contributed by atoms with van der Waals surface area (Å²) >= 11 is 9.08. The highest BCUT2D eigenvalue weighted by Crippen LogP contribution is 2.20. The Morgan fingerprint density at radius 2 is 2.29 bits per heavy atom. The summed E-state index contributed by atoms with van der Waals surface area (Å²) in [6.45, 7) is 0. The lowest BCUT2D eigenvalue weighted by Gasteiger charge is -1.93. The first-order valence-electron chi connectivity index (χ1n) is 3.94. The first-order chi connectivity index (χ1) is 6.79. The van der Waals surface area contributed by atoms with E-state index in [4.69, 9.17) is 16.1 Å². The maximum atomic E-state index is 5.84. The van der Waals surface area contributed by atoms with Crippen molar-refractivity contribution in [1.82, 2.24) is 10.1 Å². The molecule has 5 heteroatoms. The Kier molecular flexibility index (Phi) is 2.84. The summed E-state index contributed by atoms with van der Waals surface area (Å²) < 4.78 is 4.96. The molecule has 0 aliphatic rings. The minimum atomic E-state index is 0.556. The molecule has 0 unspecified atom stereocenters. The third-order valence-corrected chi connectivity index (χ3v) is 2.38. The third kappa shape index (κ3) is 1.96. The van der Waals surface area contributed by atoms with Crippen molar-refractivity contribution < 1.29 is 4.52 Å². The fraction of sp³-hybridized carbons (Fsp3) is 0.111. The monoisotopic (exact) mass is 272 g/mol. The topological polar surface area (TPSA) is 38.9 Å². The van der Waals surface area contributed by atoms with Crippen LogP contribution in [0, 0.1) is 0 Å². The fourth-order valence-corrected chi connectivity index (χ4v) is 1.47. The Labute approximate surface area is 94.2 Å². The normalized spacial score (nSPS) is 10.4. The van der Waals surface area contributed by atoms with Gasteiger partial charge in [0.05, 0.1) is 5.33 Å². The summed E-state index contributed by atoms with van der Waals surface area (Å²) in [6, 6.07) is 7.33. The lowest BCUT2D eigenvalue weighted by atomic mass is 10.2. The average molecular weight is 274 g/mol. The number of benzene rings is 1. The Balaban J connectivity index is 2.39. The molecule has 2 rings (SSSR count). The minimum absolute atomic E-state index is 0.556. The zero-order valence-electron chi connectivity index (χ0n) is 7.08. The third-order valence-electron chi connectivity index (χ3n) is 1.67. The highest BCUT2D eigenvalue weighted by atomic mass is 79.9. The van der Waals surface area contributed by atoms with Crippen LogP contribution in [0.25, 0.3) is 11.4 Å². The SMILES string of the molecule is Clc1cccc(-c2noc(CBr)n2)c1. The van der Waals surface area contributed by atoms with Crippen molar-refractivity contribution in [3.8, 4) is 11.4 Å². The highest BCUT2D eigenvalue weighted by molar-refractivity contribution is 9.08. The molecule has 0 fully saturated rings. The largest absolute Gasteiger partial charge is 0.338 e. The molecule has 72 valence electrons. The first-order valence-corrected chi connectivity index (χ1v) is 5.44. The van der Waals surface area contributed by atoms with E-state index in [2.05, 4.69) is 26.1 Å². The van der Waals surface area contributed by atoms with Crippen molar-refractivity contribution in [3.05, 3.63) is 35.2 Å². The van der Waals surface area contributed by atoms with Gasteiger partial charge in [0.2, 0.25) is 11.7 Å². The van der Waals surface area contributed by atoms with Gasteiger partial charge < -0.3 is 4.52 Å². The molecule has 0 aliphatic heterocycles. The zero-order valence-corrected chi connectivity index (χ0v) is 9.42. The molecular formula is C9H6BrClN2O. The van der Waals surface area contributed by atoms with Gasteiger partial charge in [-0.25, -0.2) is 0 Å². The molecule has 0 saturated carbocycles. The maximum Gasteiger partial charge on any atom is 0.237 e. The van der Waals surface area contributed by atoms with Gasteiger partial charge in [0.25, 0.3) is 0 Å². The van der Waals surface area contributed by atoms with E-state index in [-0.39, 0.29) is 0 Å². The van der Waals surface area contributed by atoms with Crippen LogP contribution in [0.3, 0.4) is 0 Å². The number of hydrogen-bond acceptors (Lipinski definition) is 3. The van der Waals surface area contributed by atoms with Crippen LogP contribution in [0.15, 0.2) is 28.8 Å². The molecule has 0 bridgehead atoms. The standard InChI is InChI=1S/C9H6BrClN2O/c10-5-8-12-9(13-14-8)6-2-1-3-7(11)4-6/h1-4H,5H2. The molecule has 1 heterocycles. The van der Waals surface area contributed by atoms with Gasteiger partial charge in [0, 0.05) is 10.6 Å². The summed E-state index contributed by atoms with van der Waals surface area (Å²) in [5.74, 6) is 1.11. The van der Waals surface area contributed by atoms with Crippen LogP contribution in [-0.4, -0.2) is 10.1 Å². The zero-order chi connectivity index (χ0) is 9.97. The van der Waals surface area contributed by atoms with E-state index < -0.39 is 0 Å². The molecule has 0 spiro atoms. The number of aromatic nitrogens is 2. The molecule has 1 aromatic heterocycles. The van der Waals surface area contributed by atoms with Gasteiger partial charge in [-0.05, 0) is 12.1 Å². The Morgan fingerprint density at radius 1 is 1.43 bits per heavy atom. The summed E-state index contributed by atoms with van der Waals surface area (Å²) in [6.07, 6.45) is 0. The van der Waals surface area contributed by atoms with E-state index >= 15 is 0 Å². The van der Waals surface area contributed by atoms with Crippen LogP contribution < -0.4 is 0 Å². The number of nitrogens with zero attached hydrogens (tertiary/aromatic N) is 2. The molecular weight excluding hydrogens is 267 g/mol. The lowest BCUT2D eigenvalue weighted by molar-refractivity contribution is 0.392. The molecule has 0 radical (unpaired) electrons. The van der Waals surface area contributed by atoms with Gasteiger partial charge in [-0.1, -0.05) is 44.8 Å². The van der Waals surface area contributed by atoms with Crippen LogP contribution in [0.1, 0.15) is 5.89 Å². The Hall–Kier alpha value is -0.870. The van der Waals surface area contributed by atoms with Crippen LogP contribution >= 0.6 is 27.5 Å². The van der Waals surface area contributed by atoms with Crippen molar-refractivity contribution in [2.75, 3.05) is 0 Å². The number of alkyl halides is 1. The van der Waals surface area contributed by atoms with Crippen molar-refractivity contribution in [2.24, 2.45) is 0 Å². The number of halogens is 2. The summed E-state index contributed by atoms with van der Waals surface area (Å²) in [4.78, 5) is 4.16. The van der Waals surface area contributed by atoms with Gasteiger partial charge in [0.15, 0.2) is 0 Å². The molecule has 14 heavy (non-hydrogen) atoms. The summed E-state index contributed by atoms with van der Waals surface area (Å²) in [5, 5.41) is 5.04. The molecule has 2 aromatic rings. The van der Waals surface area contributed by atoms with Gasteiger partial charge in [-0.15, -0.1) is 0 Å². The molecule has 0 atom stereocenters. The summed E-state index contributed by atoms with van der Waals surface area (Å²) in [7, 11) is 0. The summed E-state index contributed by atoms with van der Waals surface area (Å²) in [5.41, 5.74) is 0.855. The highest BCUT2D eigenvalue weighted by Gasteiger charge is 2.07. The first kappa shape index (κ1) is 9.68. The number of hydrogen-bond donors (Lipinski definition) is 0. The predicted octanol–water partition coefficient (Wildman–Crippen LogP) is 3.28. The molecule has 0 aliphatic carbocycles. The second-order valence-electron chi connectivity index (χ2n) is 2.66. The maximum absolute atomic E-state index is 5.84. The van der Waals surface area contributed by atoms with E-state index in [9.17, 15) is 0 Å². The quantitative estimate of drug-likeness (QED) is 0.788. The van der Waals surface area contributed by atoms with Crippen molar-refractivity contribution in [3.63, 3.8) is 0 Å². The van der Waals surface area contributed by atoms with E-state index in [0.29, 0.717) is 22.1 Å². The lowest BCUT2D eigenvalue weighted by Crippen LogP contribution is -1.80. The second-order valence-corrected chi connectivity index (χ2v) is 3.65. The van der Waals surface area contributed by atoms with E-state index in [0.717, 1.165) is 5.56 Å². The average Bonchev–Trinajstić information content (AvgIpc) is 2.66. The van der Waals surface area contributed by atoms with Crippen LogP contribution in [0.2, 0.25) is 5.02 Å². The van der Waals surface area contributed by atoms with Crippen molar-refractivity contribution >= 4 is 27.5 Å². The predicted molar refractivity (Wildman–Crippen MR) is 57.4 cm³/mol. The molecule has 0 saturated heterocycles. The minimum Gasteiger partial charge on any atom is -0.338 e. The van der Waals surface area contributed by atoms with Crippen LogP contribution in [0.4, 0.5) is 0 Å². The van der Waals surface area contributed by atoms with Gasteiger partial charge in [-0.3, -0.25) is 0 Å².